The van der Waals surface area contributed by atoms with E-state index in [9.17, 15) is 9.59 Å². The monoisotopic (exact) mass is 344 g/mol. The molecule has 2 rings (SSSR count). The minimum Gasteiger partial charge on any atom is -0.495 e. The molecule has 4 nitrogen and oxygen atoms in total. The summed E-state index contributed by atoms with van der Waals surface area (Å²) in [5.74, 6) is -0.435. The highest BCUT2D eigenvalue weighted by molar-refractivity contribution is 6.32. The van der Waals surface area contributed by atoms with E-state index in [1.807, 2.05) is 31.2 Å². The first-order valence-corrected chi connectivity index (χ1v) is 7.66. The SMILES string of the molecule is COc1ccc(C(=O)COC(=O)/C=C/c2ccccc2C)cc1Cl. The van der Waals surface area contributed by atoms with Crippen LogP contribution in [0.1, 0.15) is 21.5 Å². The minimum absolute atomic E-state index is 0.328. The number of hydrogen-bond donors (Lipinski definition) is 0. The molecule has 124 valence electrons. The average Bonchev–Trinajstić information content (AvgIpc) is 2.58. The fourth-order valence-corrected chi connectivity index (χ4v) is 2.30. The highest BCUT2D eigenvalue weighted by Crippen LogP contribution is 2.25. The van der Waals surface area contributed by atoms with Crippen LogP contribution < -0.4 is 4.74 Å². The smallest absolute Gasteiger partial charge is 0.331 e. The Bertz CT molecular complexity index is 781. The molecule has 0 aliphatic heterocycles. The first-order chi connectivity index (χ1) is 11.5. The summed E-state index contributed by atoms with van der Waals surface area (Å²) in [5, 5.41) is 0.328. The van der Waals surface area contributed by atoms with E-state index in [-0.39, 0.29) is 12.4 Å². The van der Waals surface area contributed by atoms with Crippen molar-refractivity contribution in [1.82, 2.24) is 0 Å². The number of ketones is 1. The third-order valence-electron chi connectivity index (χ3n) is 3.41. The maximum atomic E-state index is 12.0. The number of benzene rings is 2. The molecule has 0 aliphatic rings. The second-order valence-corrected chi connectivity index (χ2v) is 5.48. The van der Waals surface area contributed by atoms with Crippen molar-refractivity contribution in [1.29, 1.82) is 0 Å². The van der Waals surface area contributed by atoms with Gasteiger partial charge in [-0.1, -0.05) is 35.9 Å². The predicted octanol–water partition coefficient (Wildman–Crippen LogP) is 4.10. The largest absolute Gasteiger partial charge is 0.495 e. The van der Waals surface area contributed by atoms with Gasteiger partial charge in [-0.3, -0.25) is 4.79 Å². The lowest BCUT2D eigenvalue weighted by Crippen LogP contribution is -2.12. The van der Waals surface area contributed by atoms with Crippen LogP contribution in [-0.4, -0.2) is 25.5 Å². The zero-order chi connectivity index (χ0) is 17.5. The third-order valence-corrected chi connectivity index (χ3v) is 3.70. The minimum atomic E-state index is -0.578. The van der Waals surface area contributed by atoms with Gasteiger partial charge in [-0.25, -0.2) is 4.79 Å². The first-order valence-electron chi connectivity index (χ1n) is 7.28. The lowest BCUT2D eigenvalue weighted by Gasteiger charge is -2.06. The molecule has 0 spiro atoms. The number of carbonyl (C=O) groups is 2. The highest BCUT2D eigenvalue weighted by atomic mass is 35.5. The number of ether oxygens (including phenoxy) is 2. The number of carbonyl (C=O) groups excluding carboxylic acids is 2. The standard InChI is InChI=1S/C19H17ClO4/c1-13-5-3-4-6-14(13)8-10-19(22)24-12-17(21)15-7-9-18(23-2)16(20)11-15/h3-11H,12H2,1-2H3/b10-8+. The van der Waals surface area contributed by atoms with Crippen LogP contribution in [0.15, 0.2) is 48.5 Å². The van der Waals surface area contributed by atoms with E-state index in [1.165, 1.54) is 19.3 Å². The zero-order valence-electron chi connectivity index (χ0n) is 13.4. The number of methoxy groups -OCH3 is 1. The van der Waals surface area contributed by atoms with Crippen molar-refractivity contribution >= 4 is 29.4 Å². The topological polar surface area (TPSA) is 52.6 Å². The van der Waals surface area contributed by atoms with E-state index in [0.717, 1.165) is 11.1 Å². The van der Waals surface area contributed by atoms with Gasteiger partial charge in [0.2, 0.25) is 0 Å². The number of hydrogen-bond acceptors (Lipinski definition) is 4. The molecule has 0 heterocycles. The van der Waals surface area contributed by atoms with Gasteiger partial charge in [0.1, 0.15) is 5.75 Å². The number of halogens is 1. The Hall–Kier alpha value is -2.59. The molecule has 0 radical (unpaired) electrons. The van der Waals surface area contributed by atoms with Crippen LogP contribution >= 0.6 is 11.6 Å². The van der Waals surface area contributed by atoms with Crippen molar-refractivity contribution in [2.45, 2.75) is 6.92 Å². The zero-order valence-corrected chi connectivity index (χ0v) is 14.2. The van der Waals surface area contributed by atoms with Gasteiger partial charge in [-0.05, 0) is 42.3 Å². The van der Waals surface area contributed by atoms with Crippen LogP contribution in [0.3, 0.4) is 0 Å². The molecule has 0 N–H and O–H groups in total. The fourth-order valence-electron chi connectivity index (χ4n) is 2.04. The van der Waals surface area contributed by atoms with Gasteiger partial charge in [0.15, 0.2) is 12.4 Å². The van der Waals surface area contributed by atoms with Crippen LogP contribution in [0.4, 0.5) is 0 Å². The number of aryl methyl sites for hydroxylation is 1. The van der Waals surface area contributed by atoms with Gasteiger partial charge >= 0.3 is 5.97 Å². The molecule has 0 saturated carbocycles. The molecule has 0 unspecified atom stereocenters. The second-order valence-electron chi connectivity index (χ2n) is 5.07. The summed E-state index contributed by atoms with van der Waals surface area (Å²) in [4.78, 5) is 23.8. The molecule has 0 aromatic heterocycles. The summed E-state index contributed by atoms with van der Waals surface area (Å²) in [5.41, 5.74) is 2.32. The number of Topliss-reactive ketones (excluding diaryl/α,β-unsaturated/α-hetero) is 1. The Morgan fingerprint density at radius 1 is 1.17 bits per heavy atom. The summed E-state index contributed by atoms with van der Waals surface area (Å²) in [7, 11) is 1.49. The predicted molar refractivity (Wildman–Crippen MR) is 93.5 cm³/mol. The number of esters is 1. The molecule has 0 aliphatic carbocycles. The van der Waals surface area contributed by atoms with Crippen molar-refractivity contribution in [3.63, 3.8) is 0 Å². The molecule has 24 heavy (non-hydrogen) atoms. The lowest BCUT2D eigenvalue weighted by atomic mass is 10.1. The molecule has 0 saturated heterocycles. The van der Waals surface area contributed by atoms with E-state index < -0.39 is 5.97 Å². The van der Waals surface area contributed by atoms with Gasteiger partial charge in [-0.2, -0.15) is 0 Å². The molecule has 2 aromatic carbocycles. The quantitative estimate of drug-likeness (QED) is 0.450. The fraction of sp³-hybridized carbons (Fsp3) is 0.158. The Labute approximate surface area is 145 Å². The van der Waals surface area contributed by atoms with Crippen molar-refractivity contribution in [2.24, 2.45) is 0 Å². The first kappa shape index (κ1) is 17.8. The van der Waals surface area contributed by atoms with Crippen LogP contribution in [0.2, 0.25) is 5.02 Å². The Morgan fingerprint density at radius 3 is 2.58 bits per heavy atom. The van der Waals surface area contributed by atoms with Crippen LogP contribution in [0, 0.1) is 6.92 Å². The summed E-state index contributed by atoms with van der Waals surface area (Å²) < 4.78 is 9.99. The molecule has 0 fully saturated rings. The average molecular weight is 345 g/mol. The Kier molecular flexibility index (Phi) is 6.15. The maximum absolute atomic E-state index is 12.0. The van der Waals surface area contributed by atoms with Gasteiger partial charge < -0.3 is 9.47 Å². The summed E-state index contributed by atoms with van der Waals surface area (Å²) in [6, 6.07) is 12.3. The molecule has 0 bridgehead atoms. The van der Waals surface area contributed by atoms with E-state index in [2.05, 4.69) is 0 Å². The molecular weight excluding hydrogens is 328 g/mol. The molecule has 0 amide bonds. The van der Waals surface area contributed by atoms with E-state index in [0.29, 0.717) is 16.3 Å². The van der Waals surface area contributed by atoms with Gasteiger partial charge in [0, 0.05) is 11.6 Å². The second kappa shape index (κ2) is 8.31. The van der Waals surface area contributed by atoms with E-state index >= 15 is 0 Å². The maximum Gasteiger partial charge on any atom is 0.331 e. The van der Waals surface area contributed by atoms with Crippen molar-refractivity contribution in [2.75, 3.05) is 13.7 Å². The van der Waals surface area contributed by atoms with Crippen LogP contribution in [0.25, 0.3) is 6.08 Å². The van der Waals surface area contributed by atoms with Crippen molar-refractivity contribution in [3.05, 3.63) is 70.3 Å². The molecular formula is C19H17ClO4. The lowest BCUT2D eigenvalue weighted by molar-refractivity contribution is -0.136. The highest BCUT2D eigenvalue weighted by Gasteiger charge is 2.11. The van der Waals surface area contributed by atoms with E-state index in [1.54, 1.807) is 18.2 Å². The molecule has 2 aromatic rings. The van der Waals surface area contributed by atoms with Crippen molar-refractivity contribution < 1.29 is 19.1 Å². The van der Waals surface area contributed by atoms with Gasteiger partial charge in [0.25, 0.3) is 0 Å². The Morgan fingerprint density at radius 2 is 1.92 bits per heavy atom. The molecule has 5 heteroatoms. The number of rotatable bonds is 6. The van der Waals surface area contributed by atoms with Crippen molar-refractivity contribution in [3.8, 4) is 5.75 Å². The summed E-state index contributed by atoms with van der Waals surface area (Å²) >= 11 is 5.97. The normalized spacial score (nSPS) is 10.6. The van der Waals surface area contributed by atoms with Gasteiger partial charge in [-0.15, -0.1) is 0 Å². The third kappa shape index (κ3) is 4.70. The van der Waals surface area contributed by atoms with Gasteiger partial charge in [0.05, 0.1) is 12.1 Å². The summed E-state index contributed by atoms with van der Waals surface area (Å²) in [6.07, 6.45) is 2.96. The van der Waals surface area contributed by atoms with Crippen LogP contribution in [-0.2, 0) is 9.53 Å². The van der Waals surface area contributed by atoms with E-state index in [4.69, 9.17) is 21.1 Å². The Balaban J connectivity index is 1.93. The molecule has 0 atom stereocenters. The summed E-state index contributed by atoms with van der Waals surface area (Å²) in [6.45, 7) is 1.60. The van der Waals surface area contributed by atoms with Crippen LogP contribution in [0.5, 0.6) is 5.75 Å².